The first-order valence-corrected chi connectivity index (χ1v) is 9.11. The molecule has 2 aliphatic heterocycles. The molecule has 6 heteroatoms. The number of hydrogen-bond acceptors (Lipinski definition) is 6. The molecule has 5 rings (SSSR count). The van der Waals surface area contributed by atoms with E-state index < -0.39 is 11.7 Å². The quantitative estimate of drug-likeness (QED) is 0.878. The highest BCUT2D eigenvalue weighted by Gasteiger charge is 2.55. The molecular weight excluding hydrogens is 348 g/mol. The van der Waals surface area contributed by atoms with Gasteiger partial charge in [-0.3, -0.25) is 4.79 Å². The molecule has 1 unspecified atom stereocenters. The van der Waals surface area contributed by atoms with E-state index >= 15 is 0 Å². The van der Waals surface area contributed by atoms with Crippen LogP contribution in [0.4, 0.5) is 0 Å². The summed E-state index contributed by atoms with van der Waals surface area (Å²) in [7, 11) is 1.61. The predicted molar refractivity (Wildman–Crippen MR) is 95.3 cm³/mol. The SMILES string of the molecule is COc1ccc([C@@H]2c3cc4c(cc3OC3(O)CCCC(=O)[C@H]23)OCO4)cc1. The van der Waals surface area contributed by atoms with E-state index in [9.17, 15) is 9.90 Å². The van der Waals surface area contributed by atoms with Crippen molar-refractivity contribution in [2.75, 3.05) is 13.9 Å². The first kappa shape index (κ1) is 16.4. The molecule has 1 aliphatic carbocycles. The summed E-state index contributed by atoms with van der Waals surface area (Å²) in [4.78, 5) is 12.9. The molecular formula is C21H20O6. The molecule has 140 valence electrons. The van der Waals surface area contributed by atoms with Crippen LogP contribution in [0.2, 0.25) is 0 Å². The monoisotopic (exact) mass is 368 g/mol. The summed E-state index contributed by atoms with van der Waals surface area (Å²) in [5.41, 5.74) is 1.76. The van der Waals surface area contributed by atoms with E-state index in [1.807, 2.05) is 30.3 Å². The van der Waals surface area contributed by atoms with Crippen LogP contribution in [0.1, 0.15) is 36.3 Å². The smallest absolute Gasteiger partial charge is 0.231 e. The van der Waals surface area contributed by atoms with Crippen LogP contribution in [0.25, 0.3) is 0 Å². The first-order chi connectivity index (χ1) is 13.1. The van der Waals surface area contributed by atoms with Crippen LogP contribution in [0, 0.1) is 5.92 Å². The van der Waals surface area contributed by atoms with Gasteiger partial charge in [-0.1, -0.05) is 12.1 Å². The van der Waals surface area contributed by atoms with Gasteiger partial charge in [0.2, 0.25) is 12.6 Å². The average Bonchev–Trinajstić information content (AvgIpc) is 3.12. The second-order valence-electron chi connectivity index (χ2n) is 7.24. The van der Waals surface area contributed by atoms with E-state index in [0.717, 1.165) is 16.9 Å². The molecule has 3 atom stereocenters. The molecule has 0 spiro atoms. The summed E-state index contributed by atoms with van der Waals surface area (Å²) in [5.74, 6) is 0.0134. The number of Topliss-reactive ketones (excluding diaryl/α,β-unsaturated/α-hetero) is 1. The molecule has 1 N–H and O–H groups in total. The fourth-order valence-corrected chi connectivity index (χ4v) is 4.46. The molecule has 0 radical (unpaired) electrons. The molecule has 2 aromatic carbocycles. The molecule has 6 nitrogen and oxygen atoms in total. The van der Waals surface area contributed by atoms with Crippen LogP contribution >= 0.6 is 0 Å². The van der Waals surface area contributed by atoms with Gasteiger partial charge < -0.3 is 24.1 Å². The Kier molecular flexibility index (Phi) is 3.59. The van der Waals surface area contributed by atoms with Gasteiger partial charge in [0, 0.05) is 30.4 Å². The van der Waals surface area contributed by atoms with Crippen LogP contribution in [0.5, 0.6) is 23.0 Å². The van der Waals surface area contributed by atoms with Gasteiger partial charge in [-0.25, -0.2) is 0 Å². The number of fused-ring (bicyclic) bond motifs is 3. The highest BCUT2D eigenvalue weighted by Crippen LogP contribution is 2.54. The molecule has 2 aromatic rings. The van der Waals surface area contributed by atoms with Crippen molar-refractivity contribution < 1.29 is 28.8 Å². The van der Waals surface area contributed by atoms with E-state index in [1.54, 1.807) is 13.2 Å². The topological polar surface area (TPSA) is 74.2 Å². The highest BCUT2D eigenvalue weighted by molar-refractivity contribution is 5.85. The normalized spacial score (nSPS) is 28.1. The van der Waals surface area contributed by atoms with E-state index in [-0.39, 0.29) is 18.5 Å². The zero-order chi connectivity index (χ0) is 18.6. The fourth-order valence-electron chi connectivity index (χ4n) is 4.46. The molecule has 1 fully saturated rings. The van der Waals surface area contributed by atoms with Gasteiger partial charge >= 0.3 is 0 Å². The molecule has 3 aliphatic rings. The predicted octanol–water partition coefficient (Wildman–Crippen LogP) is 3.01. The zero-order valence-electron chi connectivity index (χ0n) is 14.9. The lowest BCUT2D eigenvalue weighted by atomic mass is 9.67. The number of aliphatic hydroxyl groups is 1. The Morgan fingerprint density at radius 2 is 1.85 bits per heavy atom. The van der Waals surface area contributed by atoms with E-state index in [2.05, 4.69) is 0 Å². The van der Waals surface area contributed by atoms with E-state index in [4.69, 9.17) is 18.9 Å². The van der Waals surface area contributed by atoms with Crippen LogP contribution in [0.15, 0.2) is 36.4 Å². The van der Waals surface area contributed by atoms with Gasteiger partial charge in [0.15, 0.2) is 11.5 Å². The van der Waals surface area contributed by atoms with Crippen molar-refractivity contribution in [1.82, 2.24) is 0 Å². The van der Waals surface area contributed by atoms with Crippen molar-refractivity contribution in [3.8, 4) is 23.0 Å². The lowest BCUT2D eigenvalue weighted by Gasteiger charge is -2.47. The average molecular weight is 368 g/mol. The number of ether oxygens (including phenoxy) is 4. The van der Waals surface area contributed by atoms with Gasteiger partial charge in [-0.05, 0) is 30.2 Å². The van der Waals surface area contributed by atoms with Crippen molar-refractivity contribution >= 4 is 5.78 Å². The maximum absolute atomic E-state index is 12.9. The van der Waals surface area contributed by atoms with Gasteiger partial charge in [-0.15, -0.1) is 0 Å². The number of carbonyl (C=O) groups excluding carboxylic acids is 1. The summed E-state index contributed by atoms with van der Waals surface area (Å²) < 4.78 is 22.2. The Balaban J connectivity index is 1.70. The molecule has 27 heavy (non-hydrogen) atoms. The van der Waals surface area contributed by atoms with Crippen LogP contribution in [0.3, 0.4) is 0 Å². The lowest BCUT2D eigenvalue weighted by molar-refractivity contribution is -0.206. The summed E-state index contributed by atoms with van der Waals surface area (Å²) in [6, 6.07) is 11.2. The molecule has 0 saturated heterocycles. The Morgan fingerprint density at radius 3 is 2.59 bits per heavy atom. The third-order valence-electron chi connectivity index (χ3n) is 5.73. The minimum Gasteiger partial charge on any atom is -0.497 e. The number of methoxy groups -OCH3 is 1. The zero-order valence-corrected chi connectivity index (χ0v) is 14.9. The Bertz CT molecular complexity index is 906. The van der Waals surface area contributed by atoms with Crippen LogP contribution in [-0.4, -0.2) is 30.6 Å². The number of rotatable bonds is 2. The number of hydrogen-bond donors (Lipinski definition) is 1. The van der Waals surface area contributed by atoms with E-state index in [1.165, 1.54) is 0 Å². The third kappa shape index (κ3) is 2.47. The van der Waals surface area contributed by atoms with Gasteiger partial charge in [0.05, 0.1) is 13.0 Å². The number of carbonyl (C=O) groups is 1. The van der Waals surface area contributed by atoms with Crippen molar-refractivity contribution in [2.45, 2.75) is 31.0 Å². The lowest BCUT2D eigenvalue weighted by Crippen LogP contribution is -2.55. The summed E-state index contributed by atoms with van der Waals surface area (Å²) in [5, 5.41) is 11.2. The summed E-state index contributed by atoms with van der Waals surface area (Å²) in [6.45, 7) is 0.151. The second-order valence-corrected chi connectivity index (χ2v) is 7.24. The fraction of sp³-hybridized carbons (Fsp3) is 0.381. The van der Waals surface area contributed by atoms with Crippen LogP contribution < -0.4 is 18.9 Å². The molecule has 1 saturated carbocycles. The Morgan fingerprint density at radius 1 is 1.11 bits per heavy atom. The maximum Gasteiger partial charge on any atom is 0.231 e. The molecule has 0 bridgehead atoms. The minimum absolute atomic E-state index is 0.0212. The van der Waals surface area contributed by atoms with Crippen molar-refractivity contribution in [1.29, 1.82) is 0 Å². The first-order valence-electron chi connectivity index (χ1n) is 9.11. The Labute approximate surface area is 156 Å². The van der Waals surface area contributed by atoms with Crippen LogP contribution in [-0.2, 0) is 4.79 Å². The number of ketones is 1. The van der Waals surface area contributed by atoms with Crippen molar-refractivity contribution in [3.05, 3.63) is 47.5 Å². The molecule has 0 amide bonds. The Hall–Kier alpha value is -2.73. The second kappa shape index (κ2) is 5.89. The maximum atomic E-state index is 12.9. The third-order valence-corrected chi connectivity index (χ3v) is 5.73. The summed E-state index contributed by atoms with van der Waals surface area (Å²) in [6.07, 6.45) is 1.48. The van der Waals surface area contributed by atoms with E-state index in [0.29, 0.717) is 36.5 Å². The van der Waals surface area contributed by atoms with Gasteiger partial charge in [0.1, 0.15) is 17.3 Å². The summed E-state index contributed by atoms with van der Waals surface area (Å²) >= 11 is 0. The van der Waals surface area contributed by atoms with Gasteiger partial charge in [0.25, 0.3) is 0 Å². The number of benzene rings is 2. The highest BCUT2D eigenvalue weighted by atomic mass is 16.7. The molecule has 0 aromatic heterocycles. The van der Waals surface area contributed by atoms with Crippen molar-refractivity contribution in [2.24, 2.45) is 5.92 Å². The van der Waals surface area contributed by atoms with Gasteiger partial charge in [-0.2, -0.15) is 0 Å². The van der Waals surface area contributed by atoms with Crippen molar-refractivity contribution in [3.63, 3.8) is 0 Å². The minimum atomic E-state index is -1.51. The standard InChI is InChI=1S/C21H20O6/c1-24-13-6-4-12(5-7-13)19-14-9-17-18(26-11-25-17)10-16(14)27-21(23)8-2-3-15(22)20(19)21/h4-7,9-10,19-20,23H,2-3,8,11H2,1H3/t19-,20-,21?/m1/s1. The molecule has 2 heterocycles. The largest absolute Gasteiger partial charge is 0.497 e.